The number of carbonyl (C=O) groups is 1. The van der Waals surface area contributed by atoms with E-state index in [0.29, 0.717) is 18.8 Å². The summed E-state index contributed by atoms with van der Waals surface area (Å²) in [5, 5.41) is 18.9. The van der Waals surface area contributed by atoms with Gasteiger partial charge in [0.25, 0.3) is 0 Å². The maximum atomic E-state index is 11.2. The molecule has 0 bridgehead atoms. The summed E-state index contributed by atoms with van der Waals surface area (Å²) in [7, 11) is 3.34. The Balaban J connectivity index is 2.03. The summed E-state index contributed by atoms with van der Waals surface area (Å²) >= 11 is 0. The van der Waals surface area contributed by atoms with Crippen LogP contribution >= 0.6 is 0 Å². The third-order valence-electron chi connectivity index (χ3n) is 3.67. The average Bonchev–Trinajstić information content (AvgIpc) is 2.41. The topological polar surface area (TPSA) is 73.2 Å². The summed E-state index contributed by atoms with van der Waals surface area (Å²) in [6.07, 6.45) is 0. The van der Waals surface area contributed by atoms with Crippen LogP contribution in [0.15, 0.2) is 18.2 Å². The molecule has 6 nitrogen and oxygen atoms in total. The van der Waals surface area contributed by atoms with Crippen LogP contribution in [0.1, 0.15) is 5.56 Å². The van der Waals surface area contributed by atoms with Gasteiger partial charge in [0.1, 0.15) is 6.04 Å². The van der Waals surface area contributed by atoms with Crippen molar-refractivity contribution >= 4 is 5.97 Å². The molecule has 1 aromatic rings. The molecule has 1 unspecified atom stereocenters. The van der Waals surface area contributed by atoms with Crippen molar-refractivity contribution in [1.82, 2.24) is 9.80 Å². The van der Waals surface area contributed by atoms with E-state index in [9.17, 15) is 15.0 Å². The molecule has 1 fully saturated rings. The second kappa shape index (κ2) is 6.11. The highest BCUT2D eigenvalue weighted by Crippen LogP contribution is 2.27. The molecule has 0 radical (unpaired) electrons. The van der Waals surface area contributed by atoms with Gasteiger partial charge in [0.15, 0.2) is 11.5 Å². The highest BCUT2D eigenvalue weighted by Gasteiger charge is 2.29. The van der Waals surface area contributed by atoms with Crippen LogP contribution in [0.5, 0.6) is 11.5 Å². The number of aliphatic carboxylic acids is 1. The van der Waals surface area contributed by atoms with Gasteiger partial charge in [0.05, 0.1) is 7.11 Å². The van der Waals surface area contributed by atoms with Gasteiger partial charge >= 0.3 is 5.97 Å². The molecule has 1 aromatic carbocycles. The third-order valence-corrected chi connectivity index (χ3v) is 3.67. The number of benzene rings is 1. The number of methoxy groups -OCH3 is 1. The van der Waals surface area contributed by atoms with Crippen LogP contribution in [0.2, 0.25) is 0 Å². The van der Waals surface area contributed by atoms with E-state index in [1.807, 2.05) is 18.0 Å². The number of ether oxygens (including phenoxy) is 1. The summed E-state index contributed by atoms with van der Waals surface area (Å²) < 4.78 is 5.00. The fraction of sp³-hybridized carbons (Fsp3) is 0.500. The minimum absolute atomic E-state index is 0.105. The normalized spacial score (nSPS) is 20.8. The predicted octanol–water partition coefficient (Wildman–Crippen LogP) is 0.601. The zero-order chi connectivity index (χ0) is 14.7. The summed E-state index contributed by atoms with van der Waals surface area (Å²) in [6.45, 7) is 2.64. The maximum Gasteiger partial charge on any atom is 0.322 e. The first-order valence-corrected chi connectivity index (χ1v) is 6.52. The summed E-state index contributed by atoms with van der Waals surface area (Å²) in [5.74, 6) is -0.251. The molecule has 0 spiro atoms. The number of aromatic hydroxyl groups is 1. The molecule has 1 atom stereocenters. The highest BCUT2D eigenvalue weighted by atomic mass is 16.5. The Hall–Kier alpha value is -1.79. The number of likely N-dealkylation sites (N-methyl/N-ethyl adjacent to an activating group) is 1. The lowest BCUT2D eigenvalue weighted by Gasteiger charge is -2.37. The van der Waals surface area contributed by atoms with Gasteiger partial charge in [-0.15, -0.1) is 0 Å². The van der Waals surface area contributed by atoms with Gasteiger partial charge in [-0.3, -0.25) is 14.6 Å². The Morgan fingerprint density at radius 2 is 2.20 bits per heavy atom. The lowest BCUT2D eigenvalue weighted by Crippen LogP contribution is -2.54. The van der Waals surface area contributed by atoms with E-state index >= 15 is 0 Å². The first-order chi connectivity index (χ1) is 9.51. The van der Waals surface area contributed by atoms with Gasteiger partial charge in [-0.25, -0.2) is 0 Å². The Bertz CT molecular complexity index is 492. The van der Waals surface area contributed by atoms with E-state index in [1.54, 1.807) is 12.1 Å². The van der Waals surface area contributed by atoms with Crippen LogP contribution in [-0.2, 0) is 11.3 Å². The number of nitrogens with zero attached hydrogens (tertiary/aromatic N) is 2. The Morgan fingerprint density at radius 1 is 1.45 bits per heavy atom. The highest BCUT2D eigenvalue weighted by molar-refractivity contribution is 5.73. The number of hydrogen-bond acceptors (Lipinski definition) is 5. The van der Waals surface area contributed by atoms with Gasteiger partial charge in [0, 0.05) is 26.2 Å². The SMILES string of the molecule is COc1ccc(CN2CCN(C)C(C(=O)O)C2)cc1O. The van der Waals surface area contributed by atoms with Crippen molar-refractivity contribution in [3.8, 4) is 11.5 Å². The smallest absolute Gasteiger partial charge is 0.322 e. The largest absolute Gasteiger partial charge is 0.504 e. The fourth-order valence-corrected chi connectivity index (χ4v) is 2.43. The van der Waals surface area contributed by atoms with Crippen LogP contribution in [-0.4, -0.2) is 65.8 Å². The van der Waals surface area contributed by atoms with E-state index in [0.717, 1.165) is 18.7 Å². The van der Waals surface area contributed by atoms with Crippen LogP contribution in [0.4, 0.5) is 0 Å². The summed E-state index contributed by atoms with van der Waals surface area (Å²) in [6, 6.07) is 4.78. The number of piperazine rings is 1. The standard InChI is InChI=1S/C14H20N2O4/c1-15-5-6-16(9-11(15)14(18)19)8-10-3-4-13(20-2)12(17)7-10/h3-4,7,11,17H,5-6,8-9H2,1-2H3,(H,18,19). The van der Waals surface area contributed by atoms with Crippen molar-refractivity contribution in [1.29, 1.82) is 0 Å². The molecule has 1 saturated heterocycles. The second-order valence-corrected chi connectivity index (χ2v) is 5.08. The lowest BCUT2D eigenvalue weighted by molar-refractivity contribution is -0.145. The van der Waals surface area contributed by atoms with E-state index in [2.05, 4.69) is 4.90 Å². The Morgan fingerprint density at radius 3 is 2.80 bits per heavy atom. The molecule has 0 saturated carbocycles. The van der Waals surface area contributed by atoms with Crippen molar-refractivity contribution in [3.05, 3.63) is 23.8 Å². The van der Waals surface area contributed by atoms with Crippen molar-refractivity contribution in [3.63, 3.8) is 0 Å². The summed E-state index contributed by atoms with van der Waals surface area (Å²) in [5.41, 5.74) is 0.942. The number of rotatable bonds is 4. The minimum Gasteiger partial charge on any atom is -0.504 e. The molecular weight excluding hydrogens is 260 g/mol. The Labute approximate surface area is 118 Å². The molecule has 1 heterocycles. The minimum atomic E-state index is -0.797. The monoisotopic (exact) mass is 280 g/mol. The molecule has 0 amide bonds. The average molecular weight is 280 g/mol. The molecule has 1 aliphatic heterocycles. The summed E-state index contributed by atoms with van der Waals surface area (Å²) in [4.78, 5) is 15.1. The quantitative estimate of drug-likeness (QED) is 0.841. The second-order valence-electron chi connectivity index (χ2n) is 5.08. The predicted molar refractivity (Wildman–Crippen MR) is 74.0 cm³/mol. The molecule has 0 aromatic heterocycles. The van der Waals surface area contributed by atoms with Crippen LogP contribution in [0, 0.1) is 0 Å². The number of hydrogen-bond donors (Lipinski definition) is 2. The van der Waals surface area contributed by atoms with Crippen molar-refractivity contribution < 1.29 is 19.7 Å². The lowest BCUT2D eigenvalue weighted by atomic mass is 10.1. The van der Waals surface area contributed by atoms with E-state index in [4.69, 9.17) is 4.74 Å². The molecule has 0 aliphatic carbocycles. The molecule has 2 N–H and O–H groups in total. The zero-order valence-electron chi connectivity index (χ0n) is 11.7. The van der Waals surface area contributed by atoms with Crippen molar-refractivity contribution in [2.45, 2.75) is 12.6 Å². The van der Waals surface area contributed by atoms with E-state index < -0.39 is 12.0 Å². The third kappa shape index (κ3) is 3.20. The number of carboxylic acids is 1. The van der Waals surface area contributed by atoms with E-state index in [-0.39, 0.29) is 5.75 Å². The van der Waals surface area contributed by atoms with Gasteiger partial charge < -0.3 is 14.9 Å². The first kappa shape index (κ1) is 14.6. The molecule has 6 heteroatoms. The van der Waals surface area contributed by atoms with E-state index in [1.165, 1.54) is 7.11 Å². The van der Waals surface area contributed by atoms with Crippen molar-refractivity contribution in [2.75, 3.05) is 33.8 Å². The number of carboxylic acid groups (broad SMARTS) is 1. The zero-order valence-corrected chi connectivity index (χ0v) is 11.7. The van der Waals surface area contributed by atoms with Crippen LogP contribution in [0.3, 0.4) is 0 Å². The molecule has 110 valence electrons. The fourth-order valence-electron chi connectivity index (χ4n) is 2.43. The number of phenolic OH excluding ortho intramolecular Hbond substituents is 1. The van der Waals surface area contributed by atoms with Gasteiger partial charge in [-0.05, 0) is 24.7 Å². The van der Waals surface area contributed by atoms with Gasteiger partial charge in [-0.1, -0.05) is 6.07 Å². The van der Waals surface area contributed by atoms with Crippen molar-refractivity contribution in [2.24, 2.45) is 0 Å². The van der Waals surface area contributed by atoms with Crippen LogP contribution < -0.4 is 4.74 Å². The number of phenols is 1. The molecule has 20 heavy (non-hydrogen) atoms. The molecular formula is C14H20N2O4. The molecule has 2 rings (SSSR count). The van der Waals surface area contributed by atoms with Gasteiger partial charge in [0.2, 0.25) is 0 Å². The Kier molecular flexibility index (Phi) is 4.46. The maximum absolute atomic E-state index is 11.2. The van der Waals surface area contributed by atoms with Crippen LogP contribution in [0.25, 0.3) is 0 Å². The molecule has 1 aliphatic rings. The first-order valence-electron chi connectivity index (χ1n) is 6.52. The van der Waals surface area contributed by atoms with Gasteiger partial charge in [-0.2, -0.15) is 0 Å².